The fraction of sp³-hybridized carbons (Fsp3) is 0.136. The van der Waals surface area contributed by atoms with Crippen LogP contribution in [0.3, 0.4) is 0 Å². The Morgan fingerprint density at radius 2 is 1.63 bits per heavy atom. The molecule has 3 aromatic carbocycles. The highest BCUT2D eigenvalue weighted by molar-refractivity contribution is 7.89. The number of hydrogen-bond donors (Lipinski definition) is 2. The van der Waals surface area contributed by atoms with E-state index in [0.717, 1.165) is 11.1 Å². The zero-order valence-electron chi connectivity index (χ0n) is 15.9. The third-order valence-electron chi connectivity index (χ3n) is 4.89. The van der Waals surface area contributed by atoms with E-state index in [1.165, 1.54) is 12.1 Å². The second kappa shape index (κ2) is 7.85. The smallest absolute Gasteiger partial charge is 0.238 e. The number of amidine groups is 1. The Balaban J connectivity index is 1.73. The lowest BCUT2D eigenvalue weighted by Crippen LogP contribution is -2.37. The molecule has 1 aliphatic rings. The molecule has 0 saturated heterocycles. The van der Waals surface area contributed by atoms with Gasteiger partial charge in [-0.3, -0.25) is 0 Å². The van der Waals surface area contributed by atoms with Crippen LogP contribution in [0.1, 0.15) is 11.1 Å². The van der Waals surface area contributed by atoms with Crippen molar-refractivity contribution in [2.75, 3.05) is 11.4 Å². The average Bonchev–Trinajstić information content (AvgIpc) is 3.06. The highest BCUT2D eigenvalue weighted by atomic mass is 35.5. The molecule has 0 aliphatic carbocycles. The Morgan fingerprint density at radius 3 is 2.23 bits per heavy atom. The number of aliphatic imine (C=N–C) groups is 1. The summed E-state index contributed by atoms with van der Waals surface area (Å²) in [6, 6.07) is 23.0. The van der Waals surface area contributed by atoms with Crippen LogP contribution in [0.5, 0.6) is 0 Å². The van der Waals surface area contributed by atoms with Crippen LogP contribution >= 0.6 is 11.6 Å². The van der Waals surface area contributed by atoms with Crippen LogP contribution in [0.25, 0.3) is 0 Å². The van der Waals surface area contributed by atoms with Crippen molar-refractivity contribution in [1.29, 1.82) is 0 Å². The number of nitrogens with zero attached hydrogens (tertiary/aromatic N) is 2. The fourth-order valence-electron chi connectivity index (χ4n) is 3.49. The molecule has 8 heteroatoms. The first-order chi connectivity index (χ1) is 14.2. The van der Waals surface area contributed by atoms with Gasteiger partial charge in [-0.05, 0) is 54.1 Å². The number of nitrogens with two attached hydrogens (primary N) is 1. The minimum Gasteiger partial charge on any atom is -0.367 e. The average molecular weight is 442 g/mol. The topological polar surface area (TPSA) is 96.0 Å². The van der Waals surface area contributed by atoms with Gasteiger partial charge in [-0.25, -0.2) is 18.5 Å². The summed E-state index contributed by atoms with van der Waals surface area (Å²) in [5.74, 6) is 0.577. The van der Waals surface area contributed by atoms with E-state index in [2.05, 4.69) is 4.99 Å². The molecule has 1 aliphatic heterocycles. The van der Waals surface area contributed by atoms with Crippen molar-refractivity contribution in [2.45, 2.75) is 17.0 Å². The van der Waals surface area contributed by atoms with Crippen molar-refractivity contribution < 1.29 is 13.5 Å². The van der Waals surface area contributed by atoms with E-state index in [1.54, 1.807) is 24.3 Å². The molecular weight excluding hydrogens is 422 g/mol. The molecule has 0 saturated carbocycles. The molecule has 6 nitrogen and oxygen atoms in total. The molecule has 3 N–H and O–H groups in total. The van der Waals surface area contributed by atoms with Crippen LogP contribution in [0.2, 0.25) is 5.02 Å². The largest absolute Gasteiger partial charge is 0.367 e. The summed E-state index contributed by atoms with van der Waals surface area (Å²) in [5, 5.41) is 17.1. The number of benzene rings is 3. The fourth-order valence-corrected chi connectivity index (χ4v) is 4.13. The Morgan fingerprint density at radius 1 is 1.00 bits per heavy atom. The number of aliphatic hydroxyl groups is 1. The molecule has 154 valence electrons. The van der Waals surface area contributed by atoms with E-state index in [-0.39, 0.29) is 11.4 Å². The van der Waals surface area contributed by atoms with Crippen LogP contribution in [-0.2, 0) is 16.4 Å². The lowest BCUT2D eigenvalue weighted by molar-refractivity contribution is 0.0677. The summed E-state index contributed by atoms with van der Waals surface area (Å²) in [6.07, 6.45) is 0.344. The van der Waals surface area contributed by atoms with Gasteiger partial charge in [-0.15, -0.1) is 0 Å². The third kappa shape index (κ3) is 4.39. The first-order valence-electron chi connectivity index (χ1n) is 9.26. The summed E-state index contributed by atoms with van der Waals surface area (Å²) in [7, 11) is -3.79. The number of primary sulfonamides is 1. The molecule has 0 bridgehead atoms. The number of anilines is 1. The number of sulfonamides is 1. The molecule has 1 heterocycles. The van der Waals surface area contributed by atoms with Crippen LogP contribution in [-0.4, -0.2) is 31.6 Å². The molecule has 0 fully saturated rings. The summed E-state index contributed by atoms with van der Waals surface area (Å²) >= 11 is 6.02. The molecule has 30 heavy (non-hydrogen) atoms. The predicted molar refractivity (Wildman–Crippen MR) is 118 cm³/mol. The van der Waals surface area contributed by atoms with Crippen molar-refractivity contribution in [3.8, 4) is 0 Å². The molecule has 1 atom stereocenters. The number of hydrogen-bond acceptors (Lipinski definition) is 5. The highest BCUT2D eigenvalue weighted by Crippen LogP contribution is 2.31. The summed E-state index contributed by atoms with van der Waals surface area (Å²) in [6.45, 7) is 0.217. The maximum absolute atomic E-state index is 11.6. The van der Waals surface area contributed by atoms with Crippen LogP contribution in [0.4, 0.5) is 5.69 Å². The van der Waals surface area contributed by atoms with Gasteiger partial charge in [0.1, 0.15) is 5.84 Å². The Labute approximate surface area is 180 Å². The highest BCUT2D eigenvalue weighted by Gasteiger charge is 2.38. The van der Waals surface area contributed by atoms with Crippen molar-refractivity contribution in [2.24, 2.45) is 10.1 Å². The van der Waals surface area contributed by atoms with Crippen LogP contribution < -0.4 is 10.0 Å². The second-order valence-corrected chi connectivity index (χ2v) is 9.21. The third-order valence-corrected chi connectivity index (χ3v) is 6.07. The zero-order chi connectivity index (χ0) is 21.4. The Bertz CT molecular complexity index is 1180. The van der Waals surface area contributed by atoms with Crippen LogP contribution in [0, 0.1) is 0 Å². The van der Waals surface area contributed by atoms with Gasteiger partial charge in [-0.1, -0.05) is 41.9 Å². The number of rotatable bonds is 5. The molecule has 0 aromatic heterocycles. The quantitative estimate of drug-likeness (QED) is 0.635. The van der Waals surface area contributed by atoms with E-state index in [9.17, 15) is 13.5 Å². The van der Waals surface area contributed by atoms with Gasteiger partial charge in [0, 0.05) is 22.7 Å². The van der Waals surface area contributed by atoms with Crippen molar-refractivity contribution in [3.05, 3.63) is 95.0 Å². The van der Waals surface area contributed by atoms with Crippen molar-refractivity contribution in [1.82, 2.24) is 0 Å². The first kappa shape index (κ1) is 20.6. The number of β-amino-alcohol motifs (C(OH)–C–C–N with tert-alkyl or cyclic N) is 1. The normalized spacial score (nSPS) is 19.0. The minimum absolute atomic E-state index is 0.0231. The second-order valence-electron chi connectivity index (χ2n) is 7.21. The zero-order valence-corrected chi connectivity index (χ0v) is 17.5. The molecule has 3 aromatic rings. The molecule has 4 rings (SSSR count). The molecule has 0 spiro atoms. The van der Waals surface area contributed by atoms with Crippen molar-refractivity contribution in [3.63, 3.8) is 0 Å². The molecule has 0 radical (unpaired) electrons. The maximum atomic E-state index is 11.6. The van der Waals surface area contributed by atoms with E-state index in [4.69, 9.17) is 16.7 Å². The Hall–Kier alpha value is -2.71. The van der Waals surface area contributed by atoms with Gasteiger partial charge in [-0.2, -0.15) is 0 Å². The molecule has 0 amide bonds. The number of halogens is 1. The van der Waals surface area contributed by atoms with Gasteiger partial charge in [0.2, 0.25) is 10.0 Å². The first-order valence-corrected chi connectivity index (χ1v) is 11.2. The molecular formula is C22H20ClN3O3S. The maximum Gasteiger partial charge on any atom is 0.238 e. The Kier molecular flexibility index (Phi) is 5.38. The van der Waals surface area contributed by atoms with Gasteiger partial charge >= 0.3 is 0 Å². The summed E-state index contributed by atoms with van der Waals surface area (Å²) < 4.78 is 23.2. The molecule has 1 unspecified atom stereocenters. The monoisotopic (exact) mass is 441 g/mol. The minimum atomic E-state index is -3.79. The van der Waals surface area contributed by atoms with Gasteiger partial charge < -0.3 is 10.0 Å². The van der Waals surface area contributed by atoms with E-state index >= 15 is 0 Å². The van der Waals surface area contributed by atoms with E-state index in [1.807, 2.05) is 47.4 Å². The summed E-state index contributed by atoms with van der Waals surface area (Å²) in [4.78, 5) is 6.54. The van der Waals surface area contributed by atoms with Gasteiger partial charge in [0.05, 0.1) is 11.4 Å². The van der Waals surface area contributed by atoms with E-state index < -0.39 is 15.7 Å². The predicted octanol–water partition coefficient (Wildman–Crippen LogP) is 3.19. The van der Waals surface area contributed by atoms with E-state index in [0.29, 0.717) is 23.0 Å². The lowest BCUT2D eigenvalue weighted by Gasteiger charge is -2.24. The summed E-state index contributed by atoms with van der Waals surface area (Å²) in [5.41, 5.74) is 1.11. The van der Waals surface area contributed by atoms with Crippen LogP contribution in [0.15, 0.2) is 88.8 Å². The standard InChI is InChI=1S/C22H20ClN3O3S/c23-18-8-6-17(7-9-18)21-25-22(27,14-16-4-2-1-3-5-16)15-26(21)19-10-12-20(13-11-19)30(24,28)29/h1-13,27H,14-15H2,(H2,24,28,29). The SMILES string of the molecule is NS(=O)(=O)c1ccc(N2CC(O)(Cc3ccccc3)N=C2c2ccc(Cl)cc2)cc1. The van der Waals surface area contributed by atoms with Gasteiger partial charge in [0.25, 0.3) is 0 Å². The van der Waals surface area contributed by atoms with Gasteiger partial charge in [0.15, 0.2) is 5.72 Å². The van der Waals surface area contributed by atoms with Crippen molar-refractivity contribution >= 4 is 33.1 Å². The lowest BCUT2D eigenvalue weighted by atomic mass is 10.0.